The lowest BCUT2D eigenvalue weighted by molar-refractivity contribution is 0.0922. The Morgan fingerprint density at radius 3 is 2.83 bits per heavy atom. The van der Waals surface area contributed by atoms with Crippen molar-refractivity contribution in [3.8, 4) is 5.69 Å². The number of benzene rings is 1. The van der Waals surface area contributed by atoms with E-state index in [0.29, 0.717) is 30.8 Å². The Balaban J connectivity index is 1.95. The fourth-order valence-electron chi connectivity index (χ4n) is 3.22. The largest absolute Gasteiger partial charge is 0.379 e. The molecule has 0 spiro atoms. The van der Waals surface area contributed by atoms with Crippen LogP contribution in [0.4, 0.5) is 4.39 Å². The van der Waals surface area contributed by atoms with Crippen LogP contribution in [0.25, 0.3) is 16.7 Å². The van der Waals surface area contributed by atoms with Gasteiger partial charge in [0.1, 0.15) is 17.0 Å². The predicted molar refractivity (Wildman–Crippen MR) is 106 cm³/mol. The van der Waals surface area contributed by atoms with Crippen molar-refractivity contribution >= 4 is 28.5 Å². The zero-order valence-corrected chi connectivity index (χ0v) is 16.6. The second-order valence-electron chi connectivity index (χ2n) is 6.98. The molecule has 4 rings (SSSR count). The molecule has 29 heavy (non-hydrogen) atoms. The quantitative estimate of drug-likeness (QED) is 0.709. The summed E-state index contributed by atoms with van der Waals surface area (Å²) in [7, 11) is 0. The molecule has 0 aliphatic carbocycles. The van der Waals surface area contributed by atoms with Gasteiger partial charge >= 0.3 is 0 Å². The van der Waals surface area contributed by atoms with Crippen LogP contribution in [-0.2, 0) is 4.74 Å². The molecule has 1 amide bonds. The topological polar surface area (TPSA) is 86.1 Å². The van der Waals surface area contributed by atoms with E-state index < -0.39 is 17.2 Å². The summed E-state index contributed by atoms with van der Waals surface area (Å²) in [4.78, 5) is 30.1. The van der Waals surface area contributed by atoms with Gasteiger partial charge in [0, 0.05) is 17.3 Å². The molecule has 1 aromatic carbocycles. The van der Waals surface area contributed by atoms with Gasteiger partial charge in [-0.3, -0.25) is 9.59 Å². The minimum atomic E-state index is -0.643. The highest BCUT2D eigenvalue weighted by molar-refractivity contribution is 6.30. The van der Waals surface area contributed by atoms with E-state index in [2.05, 4.69) is 15.4 Å². The highest BCUT2D eigenvalue weighted by atomic mass is 35.5. The highest BCUT2D eigenvalue weighted by Gasteiger charge is 2.24. The zero-order chi connectivity index (χ0) is 20.7. The van der Waals surface area contributed by atoms with E-state index >= 15 is 0 Å². The monoisotopic (exact) mass is 416 g/mol. The molecule has 0 bridgehead atoms. The van der Waals surface area contributed by atoms with Crippen LogP contribution in [0.2, 0.25) is 5.02 Å². The van der Waals surface area contributed by atoms with Crippen molar-refractivity contribution in [2.45, 2.75) is 26.3 Å². The SMILES string of the molecule is Cc1cc2c(nc1C)c(=O)c(C(=O)NC1CCOC1)nn2-c1ccc(Cl)cc1F. The van der Waals surface area contributed by atoms with Gasteiger partial charge in [-0.25, -0.2) is 14.1 Å². The number of rotatable bonds is 3. The van der Waals surface area contributed by atoms with E-state index in [1.54, 1.807) is 13.0 Å². The molecular weight excluding hydrogens is 399 g/mol. The maximum absolute atomic E-state index is 14.6. The lowest BCUT2D eigenvalue weighted by atomic mass is 10.1. The number of amides is 1. The Morgan fingerprint density at radius 2 is 2.14 bits per heavy atom. The van der Waals surface area contributed by atoms with E-state index in [0.717, 1.165) is 11.6 Å². The van der Waals surface area contributed by atoms with Crippen molar-refractivity contribution in [3.05, 3.63) is 62.3 Å². The summed E-state index contributed by atoms with van der Waals surface area (Å²) in [5, 5.41) is 7.17. The normalized spacial score (nSPS) is 16.3. The maximum Gasteiger partial charge on any atom is 0.276 e. The van der Waals surface area contributed by atoms with Crippen LogP contribution in [0, 0.1) is 19.7 Å². The fourth-order valence-corrected chi connectivity index (χ4v) is 3.38. The van der Waals surface area contributed by atoms with Crippen molar-refractivity contribution < 1.29 is 13.9 Å². The highest BCUT2D eigenvalue weighted by Crippen LogP contribution is 2.22. The van der Waals surface area contributed by atoms with Crippen LogP contribution >= 0.6 is 11.6 Å². The third-order valence-electron chi connectivity index (χ3n) is 4.92. The number of nitrogens with zero attached hydrogens (tertiary/aromatic N) is 3. The van der Waals surface area contributed by atoms with E-state index in [4.69, 9.17) is 16.3 Å². The van der Waals surface area contributed by atoms with Gasteiger partial charge in [0.2, 0.25) is 5.43 Å². The zero-order valence-electron chi connectivity index (χ0n) is 15.8. The molecule has 1 saturated heterocycles. The average Bonchev–Trinajstić information content (AvgIpc) is 3.17. The molecule has 1 atom stereocenters. The Hall–Kier alpha value is -2.84. The van der Waals surface area contributed by atoms with E-state index in [9.17, 15) is 14.0 Å². The first kappa shape index (κ1) is 19.5. The summed E-state index contributed by atoms with van der Waals surface area (Å²) in [6.07, 6.45) is 0.649. The first-order valence-corrected chi connectivity index (χ1v) is 9.48. The number of carbonyl (C=O) groups is 1. The molecule has 1 N–H and O–H groups in total. The Labute approximate surface area is 170 Å². The molecule has 2 aromatic heterocycles. The predicted octanol–water partition coefficient (Wildman–Crippen LogP) is 2.71. The molecular formula is C20H18ClFN4O3. The van der Waals surface area contributed by atoms with Crippen molar-refractivity contribution in [2.75, 3.05) is 13.2 Å². The number of pyridine rings is 1. The van der Waals surface area contributed by atoms with Gasteiger partial charge < -0.3 is 10.1 Å². The molecule has 1 aliphatic heterocycles. The summed E-state index contributed by atoms with van der Waals surface area (Å²) in [6.45, 7) is 4.50. The Morgan fingerprint density at radius 1 is 1.34 bits per heavy atom. The summed E-state index contributed by atoms with van der Waals surface area (Å²) in [6, 6.07) is 5.60. The second-order valence-corrected chi connectivity index (χ2v) is 7.41. The second kappa shape index (κ2) is 7.53. The summed E-state index contributed by atoms with van der Waals surface area (Å²) >= 11 is 5.86. The number of aromatic nitrogens is 3. The summed E-state index contributed by atoms with van der Waals surface area (Å²) in [5.74, 6) is -1.28. The Bertz CT molecular complexity index is 1190. The van der Waals surface area contributed by atoms with Gasteiger partial charge in [-0.1, -0.05) is 11.6 Å². The number of halogens is 2. The van der Waals surface area contributed by atoms with E-state index in [1.165, 1.54) is 16.8 Å². The van der Waals surface area contributed by atoms with Gasteiger partial charge in [-0.05, 0) is 50.1 Å². The number of carbonyl (C=O) groups excluding carboxylic acids is 1. The summed E-state index contributed by atoms with van der Waals surface area (Å²) in [5.41, 5.74) is 0.897. The molecule has 0 saturated carbocycles. The number of hydrogen-bond acceptors (Lipinski definition) is 5. The molecule has 1 unspecified atom stereocenters. The van der Waals surface area contributed by atoms with E-state index in [-0.39, 0.29) is 28.0 Å². The van der Waals surface area contributed by atoms with Crippen molar-refractivity contribution in [2.24, 2.45) is 0 Å². The van der Waals surface area contributed by atoms with Gasteiger partial charge in [0.15, 0.2) is 5.69 Å². The number of aryl methyl sites for hydroxylation is 2. The van der Waals surface area contributed by atoms with Crippen LogP contribution in [0.1, 0.15) is 28.2 Å². The molecule has 1 fully saturated rings. The first-order valence-electron chi connectivity index (χ1n) is 9.10. The average molecular weight is 417 g/mol. The van der Waals surface area contributed by atoms with Gasteiger partial charge in [0.25, 0.3) is 5.91 Å². The number of fused-ring (bicyclic) bond motifs is 1. The lowest BCUT2D eigenvalue weighted by Gasteiger charge is -2.15. The third-order valence-corrected chi connectivity index (χ3v) is 5.16. The molecule has 150 valence electrons. The fraction of sp³-hybridized carbons (Fsp3) is 0.300. The van der Waals surface area contributed by atoms with Crippen LogP contribution < -0.4 is 10.7 Å². The molecule has 0 radical (unpaired) electrons. The Kier molecular flexibility index (Phi) is 5.06. The summed E-state index contributed by atoms with van der Waals surface area (Å²) < 4.78 is 21.1. The standard InChI is InChI=1S/C20H18ClFN4O3/c1-10-7-16-17(23-11(10)2)19(27)18(20(28)24-13-5-6-29-9-13)25-26(16)15-4-3-12(21)8-14(15)22/h3-4,7-8,13H,5-6,9H2,1-2H3,(H,24,28). The van der Waals surface area contributed by atoms with Gasteiger partial charge in [-0.2, -0.15) is 5.10 Å². The third kappa shape index (κ3) is 3.61. The van der Waals surface area contributed by atoms with E-state index in [1.807, 2.05) is 6.92 Å². The van der Waals surface area contributed by atoms with Crippen LogP contribution in [-0.4, -0.2) is 39.9 Å². The molecule has 1 aliphatic rings. The minimum absolute atomic E-state index is 0.0465. The van der Waals surface area contributed by atoms with Crippen molar-refractivity contribution in [3.63, 3.8) is 0 Å². The van der Waals surface area contributed by atoms with Crippen LogP contribution in [0.15, 0.2) is 29.1 Å². The molecule has 3 aromatic rings. The minimum Gasteiger partial charge on any atom is -0.379 e. The maximum atomic E-state index is 14.6. The smallest absolute Gasteiger partial charge is 0.276 e. The van der Waals surface area contributed by atoms with Crippen molar-refractivity contribution in [1.82, 2.24) is 20.1 Å². The first-order chi connectivity index (χ1) is 13.8. The van der Waals surface area contributed by atoms with Gasteiger partial charge in [0.05, 0.1) is 18.2 Å². The number of nitrogens with one attached hydrogen (secondary N) is 1. The number of hydrogen-bond donors (Lipinski definition) is 1. The molecule has 7 nitrogen and oxygen atoms in total. The number of ether oxygens (including phenoxy) is 1. The van der Waals surface area contributed by atoms with Crippen LogP contribution in [0.5, 0.6) is 0 Å². The van der Waals surface area contributed by atoms with Crippen LogP contribution in [0.3, 0.4) is 0 Å². The van der Waals surface area contributed by atoms with Gasteiger partial charge in [-0.15, -0.1) is 0 Å². The lowest BCUT2D eigenvalue weighted by Crippen LogP contribution is -2.39. The van der Waals surface area contributed by atoms with Crippen molar-refractivity contribution in [1.29, 1.82) is 0 Å². The molecule has 9 heteroatoms. The molecule has 3 heterocycles.